The molecule has 0 aliphatic heterocycles. The predicted octanol–water partition coefficient (Wildman–Crippen LogP) is 4.72. The van der Waals surface area contributed by atoms with E-state index in [0.717, 1.165) is 21.2 Å². The van der Waals surface area contributed by atoms with Gasteiger partial charge in [0.2, 0.25) is 5.78 Å². The van der Waals surface area contributed by atoms with Gasteiger partial charge in [-0.15, -0.1) is 0 Å². The van der Waals surface area contributed by atoms with Crippen molar-refractivity contribution in [1.29, 1.82) is 0 Å². The highest BCUT2D eigenvalue weighted by molar-refractivity contribution is 9.10. The largest absolute Gasteiger partial charge is 0.483 e. The van der Waals surface area contributed by atoms with Gasteiger partial charge in [0.05, 0.1) is 0 Å². The molecule has 0 heterocycles. The van der Waals surface area contributed by atoms with Gasteiger partial charge in [-0.2, -0.15) is 0 Å². The zero-order chi connectivity index (χ0) is 14.7. The van der Waals surface area contributed by atoms with Crippen molar-refractivity contribution in [2.24, 2.45) is 0 Å². The van der Waals surface area contributed by atoms with Gasteiger partial charge in [-0.25, -0.2) is 0 Å². The van der Waals surface area contributed by atoms with Gasteiger partial charge in [-0.3, -0.25) is 4.79 Å². The van der Waals surface area contributed by atoms with Crippen molar-refractivity contribution < 1.29 is 9.53 Å². The molecule has 104 valence electrons. The van der Waals surface area contributed by atoms with Crippen LogP contribution in [0.1, 0.15) is 28.4 Å². The molecule has 0 radical (unpaired) electrons. The molecule has 1 unspecified atom stereocenters. The molecule has 2 aromatic rings. The highest BCUT2D eigenvalue weighted by Gasteiger charge is 2.19. The molecule has 0 saturated heterocycles. The van der Waals surface area contributed by atoms with Gasteiger partial charge >= 0.3 is 0 Å². The molecule has 0 aromatic heterocycles. The Labute approximate surface area is 127 Å². The lowest BCUT2D eigenvalue weighted by molar-refractivity contribution is 0.0817. The van der Waals surface area contributed by atoms with E-state index in [1.807, 2.05) is 56.3 Å². The van der Waals surface area contributed by atoms with Gasteiger partial charge in [0.1, 0.15) is 5.75 Å². The smallest absolute Gasteiger partial charge is 0.203 e. The fourth-order valence-electron chi connectivity index (χ4n) is 2.02. The molecule has 0 aliphatic carbocycles. The normalized spacial score (nSPS) is 12.0. The second-order valence-corrected chi connectivity index (χ2v) is 5.82. The zero-order valence-electron chi connectivity index (χ0n) is 11.8. The first kappa shape index (κ1) is 14.8. The first-order valence-corrected chi connectivity index (χ1v) is 7.30. The van der Waals surface area contributed by atoms with Gasteiger partial charge in [0.25, 0.3) is 0 Å². The summed E-state index contributed by atoms with van der Waals surface area (Å²) in [5.41, 5.74) is 2.78. The van der Waals surface area contributed by atoms with E-state index in [4.69, 9.17) is 4.74 Å². The van der Waals surface area contributed by atoms with E-state index in [1.165, 1.54) is 0 Å². The van der Waals surface area contributed by atoms with E-state index >= 15 is 0 Å². The summed E-state index contributed by atoms with van der Waals surface area (Å²) in [6, 6.07) is 13.4. The van der Waals surface area contributed by atoms with E-state index < -0.39 is 6.10 Å². The maximum Gasteiger partial charge on any atom is 0.203 e. The number of aryl methyl sites for hydroxylation is 2. The summed E-state index contributed by atoms with van der Waals surface area (Å²) in [6.45, 7) is 5.71. The second-order valence-electron chi connectivity index (χ2n) is 4.90. The number of Topliss-reactive ketones (excluding diaryl/α,β-unsaturated/α-hetero) is 1. The molecule has 0 amide bonds. The summed E-state index contributed by atoms with van der Waals surface area (Å²) >= 11 is 3.39. The first-order chi connectivity index (χ1) is 9.47. The number of carbonyl (C=O) groups is 1. The lowest BCUT2D eigenvalue weighted by atomic mass is 9.99. The van der Waals surface area contributed by atoms with E-state index in [0.29, 0.717) is 5.75 Å². The molecule has 0 N–H and O–H groups in total. The van der Waals surface area contributed by atoms with Crippen molar-refractivity contribution in [3.63, 3.8) is 0 Å². The lowest BCUT2D eigenvalue weighted by Crippen LogP contribution is -2.24. The maximum atomic E-state index is 12.5. The molecule has 3 heteroatoms. The minimum Gasteiger partial charge on any atom is -0.483 e. The van der Waals surface area contributed by atoms with Gasteiger partial charge < -0.3 is 4.74 Å². The number of carbonyl (C=O) groups excluding carboxylic acids is 1. The van der Waals surface area contributed by atoms with E-state index in [9.17, 15) is 4.79 Å². The van der Waals surface area contributed by atoms with Crippen LogP contribution in [0.5, 0.6) is 5.75 Å². The molecule has 1 atom stereocenters. The number of ketones is 1. The third-order valence-corrected chi connectivity index (χ3v) is 3.63. The quantitative estimate of drug-likeness (QED) is 0.757. The monoisotopic (exact) mass is 332 g/mol. The van der Waals surface area contributed by atoms with Crippen LogP contribution in [-0.4, -0.2) is 11.9 Å². The highest BCUT2D eigenvalue weighted by Crippen LogP contribution is 2.21. The third-order valence-electron chi connectivity index (χ3n) is 3.14. The second kappa shape index (κ2) is 6.23. The zero-order valence-corrected chi connectivity index (χ0v) is 13.4. The van der Waals surface area contributed by atoms with Gasteiger partial charge in [0, 0.05) is 10.0 Å². The van der Waals surface area contributed by atoms with E-state index in [2.05, 4.69) is 15.9 Å². The average molecular weight is 333 g/mol. The van der Waals surface area contributed by atoms with E-state index in [1.54, 1.807) is 6.92 Å². The van der Waals surface area contributed by atoms with Crippen LogP contribution in [0.15, 0.2) is 46.9 Å². The van der Waals surface area contributed by atoms with Crippen LogP contribution in [0.3, 0.4) is 0 Å². The van der Waals surface area contributed by atoms with Crippen molar-refractivity contribution in [2.45, 2.75) is 26.9 Å². The van der Waals surface area contributed by atoms with E-state index in [-0.39, 0.29) is 5.78 Å². The number of halogens is 1. The van der Waals surface area contributed by atoms with Crippen LogP contribution in [0.2, 0.25) is 0 Å². The van der Waals surface area contributed by atoms with Crippen molar-refractivity contribution in [3.8, 4) is 5.75 Å². The Bertz CT molecular complexity index is 635. The summed E-state index contributed by atoms with van der Waals surface area (Å²) in [4.78, 5) is 12.5. The molecule has 0 aliphatic rings. The maximum absolute atomic E-state index is 12.5. The summed E-state index contributed by atoms with van der Waals surface area (Å²) < 4.78 is 6.66. The fourth-order valence-corrected chi connectivity index (χ4v) is 2.40. The fraction of sp³-hybridized carbons (Fsp3) is 0.235. The number of benzene rings is 2. The molecule has 2 rings (SSSR count). The van der Waals surface area contributed by atoms with Crippen molar-refractivity contribution in [1.82, 2.24) is 0 Å². The summed E-state index contributed by atoms with van der Waals surface area (Å²) in [5, 5.41) is 0. The standard InChI is InChI=1S/C17H17BrO2/c1-11-7-8-12(2)16(9-11)17(19)13(3)20-15-6-4-5-14(18)10-15/h4-10,13H,1-3H3. The topological polar surface area (TPSA) is 26.3 Å². The van der Waals surface area contributed by atoms with Crippen molar-refractivity contribution >= 4 is 21.7 Å². The Balaban J connectivity index is 2.18. The first-order valence-electron chi connectivity index (χ1n) is 6.51. The molecule has 0 saturated carbocycles. The Morgan fingerprint density at radius 1 is 1.15 bits per heavy atom. The van der Waals surface area contributed by atoms with Crippen LogP contribution in [0, 0.1) is 13.8 Å². The Kier molecular flexibility index (Phi) is 4.61. The van der Waals surface area contributed by atoms with Gasteiger partial charge in [0.15, 0.2) is 6.10 Å². The average Bonchev–Trinajstić information content (AvgIpc) is 2.40. The number of rotatable bonds is 4. The molecule has 0 spiro atoms. The predicted molar refractivity (Wildman–Crippen MR) is 84.5 cm³/mol. The minimum absolute atomic E-state index is 0.00572. The van der Waals surface area contributed by atoms with Gasteiger partial charge in [-0.05, 0) is 50.6 Å². The van der Waals surface area contributed by atoms with Crippen LogP contribution >= 0.6 is 15.9 Å². The highest BCUT2D eigenvalue weighted by atomic mass is 79.9. The Hall–Kier alpha value is -1.61. The van der Waals surface area contributed by atoms with Crippen LogP contribution in [0.4, 0.5) is 0 Å². The third kappa shape index (κ3) is 3.48. The molecular formula is C17H17BrO2. The Morgan fingerprint density at radius 2 is 1.90 bits per heavy atom. The summed E-state index contributed by atoms with van der Waals surface area (Å²) in [6.07, 6.45) is -0.509. The van der Waals surface area contributed by atoms with Gasteiger partial charge in [-0.1, -0.05) is 39.7 Å². The number of ether oxygens (including phenoxy) is 1. The lowest BCUT2D eigenvalue weighted by Gasteiger charge is -2.15. The van der Waals surface area contributed by atoms with Crippen LogP contribution < -0.4 is 4.74 Å². The van der Waals surface area contributed by atoms with Crippen LogP contribution in [-0.2, 0) is 0 Å². The summed E-state index contributed by atoms with van der Waals surface area (Å²) in [7, 11) is 0. The Morgan fingerprint density at radius 3 is 2.60 bits per heavy atom. The minimum atomic E-state index is -0.509. The molecule has 20 heavy (non-hydrogen) atoms. The number of hydrogen-bond donors (Lipinski definition) is 0. The van der Waals surface area contributed by atoms with Crippen molar-refractivity contribution in [2.75, 3.05) is 0 Å². The number of hydrogen-bond acceptors (Lipinski definition) is 2. The SMILES string of the molecule is Cc1ccc(C)c(C(=O)C(C)Oc2cccc(Br)c2)c1. The molecular weight excluding hydrogens is 316 g/mol. The van der Waals surface area contributed by atoms with Crippen LogP contribution in [0.25, 0.3) is 0 Å². The molecule has 0 bridgehead atoms. The summed E-state index contributed by atoms with van der Waals surface area (Å²) in [5.74, 6) is 0.691. The molecule has 2 aromatic carbocycles. The van der Waals surface area contributed by atoms with Crippen molar-refractivity contribution in [3.05, 3.63) is 63.6 Å². The molecule has 2 nitrogen and oxygen atoms in total. The molecule has 0 fully saturated rings.